The van der Waals surface area contributed by atoms with Gasteiger partial charge in [0.05, 0.1) is 16.0 Å². The topological polar surface area (TPSA) is 90.8 Å². The van der Waals surface area contributed by atoms with Crippen LogP contribution >= 0.6 is 0 Å². The second-order valence-corrected chi connectivity index (χ2v) is 5.39. The third kappa shape index (κ3) is 2.63. The van der Waals surface area contributed by atoms with E-state index < -0.39 is 4.92 Å². The van der Waals surface area contributed by atoms with E-state index in [1.165, 1.54) is 4.68 Å². The van der Waals surface area contributed by atoms with Crippen molar-refractivity contribution in [1.82, 2.24) is 19.3 Å². The van der Waals surface area contributed by atoms with Crippen molar-refractivity contribution in [3.63, 3.8) is 0 Å². The van der Waals surface area contributed by atoms with Crippen molar-refractivity contribution in [3.05, 3.63) is 45.9 Å². The standard InChI is InChI=1S/C15H18N6O2/c1-10-14(21(22)23)15(19(3)18-10)16-8-9-20-11(2)17-12-6-4-5-7-13(12)20/h4-7,16H,8-9H2,1-3H3. The summed E-state index contributed by atoms with van der Waals surface area (Å²) in [4.78, 5) is 15.3. The van der Waals surface area contributed by atoms with E-state index in [1.54, 1.807) is 14.0 Å². The van der Waals surface area contributed by atoms with Gasteiger partial charge in [-0.1, -0.05) is 12.1 Å². The van der Waals surface area contributed by atoms with Gasteiger partial charge in [-0.3, -0.25) is 10.1 Å². The van der Waals surface area contributed by atoms with E-state index in [9.17, 15) is 10.1 Å². The van der Waals surface area contributed by atoms with Gasteiger partial charge >= 0.3 is 5.69 Å². The molecule has 0 saturated carbocycles. The van der Waals surface area contributed by atoms with E-state index in [2.05, 4.69) is 20.0 Å². The second kappa shape index (κ2) is 5.71. The van der Waals surface area contributed by atoms with Crippen LogP contribution in [-0.4, -0.2) is 30.8 Å². The first-order valence-corrected chi connectivity index (χ1v) is 7.32. The zero-order valence-electron chi connectivity index (χ0n) is 13.3. The Bertz CT molecular complexity index is 880. The lowest BCUT2D eigenvalue weighted by Crippen LogP contribution is -2.14. The Morgan fingerprint density at radius 1 is 1.30 bits per heavy atom. The fourth-order valence-corrected chi connectivity index (χ4v) is 2.83. The number of para-hydroxylation sites is 2. The van der Waals surface area contributed by atoms with Gasteiger partial charge in [-0.15, -0.1) is 0 Å². The quantitative estimate of drug-likeness (QED) is 0.577. The minimum Gasteiger partial charge on any atom is -0.363 e. The van der Waals surface area contributed by atoms with Crippen molar-refractivity contribution in [2.75, 3.05) is 11.9 Å². The molecule has 8 heteroatoms. The summed E-state index contributed by atoms with van der Waals surface area (Å²) in [5.41, 5.74) is 2.44. The molecular weight excluding hydrogens is 296 g/mol. The average molecular weight is 314 g/mol. The van der Waals surface area contributed by atoms with Crippen LogP contribution in [0.2, 0.25) is 0 Å². The van der Waals surface area contributed by atoms with Crippen molar-refractivity contribution in [2.45, 2.75) is 20.4 Å². The summed E-state index contributed by atoms with van der Waals surface area (Å²) < 4.78 is 3.60. The van der Waals surface area contributed by atoms with Crippen LogP contribution in [-0.2, 0) is 13.6 Å². The number of hydrogen-bond donors (Lipinski definition) is 1. The molecule has 0 aliphatic heterocycles. The van der Waals surface area contributed by atoms with Crippen LogP contribution in [0.5, 0.6) is 0 Å². The van der Waals surface area contributed by atoms with Crippen LogP contribution < -0.4 is 5.32 Å². The zero-order valence-corrected chi connectivity index (χ0v) is 13.3. The van der Waals surface area contributed by atoms with E-state index in [1.807, 2.05) is 31.2 Å². The third-order valence-corrected chi connectivity index (χ3v) is 3.85. The van der Waals surface area contributed by atoms with Crippen LogP contribution in [0.3, 0.4) is 0 Å². The highest BCUT2D eigenvalue weighted by atomic mass is 16.6. The first-order valence-electron chi connectivity index (χ1n) is 7.32. The molecule has 0 aliphatic rings. The molecular formula is C15H18N6O2. The van der Waals surface area contributed by atoms with E-state index in [4.69, 9.17) is 0 Å². The molecule has 0 spiro atoms. The maximum Gasteiger partial charge on any atom is 0.333 e. The number of hydrogen-bond acceptors (Lipinski definition) is 5. The SMILES string of the molecule is Cc1nn(C)c(NCCn2c(C)nc3ccccc32)c1[N+](=O)[O-]. The van der Waals surface area contributed by atoms with Gasteiger partial charge in [0.15, 0.2) is 0 Å². The monoisotopic (exact) mass is 314 g/mol. The Morgan fingerprint density at radius 3 is 2.78 bits per heavy atom. The molecule has 0 radical (unpaired) electrons. The Kier molecular flexibility index (Phi) is 3.73. The summed E-state index contributed by atoms with van der Waals surface area (Å²) in [6, 6.07) is 7.93. The highest BCUT2D eigenvalue weighted by Crippen LogP contribution is 2.27. The summed E-state index contributed by atoms with van der Waals surface area (Å²) in [6.45, 7) is 4.79. The number of aryl methyl sites for hydroxylation is 3. The van der Waals surface area contributed by atoms with Crippen LogP contribution in [0.15, 0.2) is 24.3 Å². The van der Waals surface area contributed by atoms with Crippen molar-refractivity contribution in [2.24, 2.45) is 7.05 Å². The molecule has 2 heterocycles. The molecule has 3 aromatic rings. The van der Waals surface area contributed by atoms with Gasteiger partial charge in [0.2, 0.25) is 5.82 Å². The van der Waals surface area contributed by atoms with Gasteiger partial charge in [0, 0.05) is 20.1 Å². The fraction of sp³-hybridized carbons (Fsp3) is 0.333. The second-order valence-electron chi connectivity index (χ2n) is 5.39. The molecule has 0 atom stereocenters. The molecule has 8 nitrogen and oxygen atoms in total. The number of aromatic nitrogens is 4. The first-order chi connectivity index (χ1) is 11.0. The van der Waals surface area contributed by atoms with Gasteiger partial charge in [-0.25, -0.2) is 9.67 Å². The summed E-state index contributed by atoms with van der Waals surface area (Å²) in [5, 5.41) is 18.4. The first kappa shape index (κ1) is 15.0. The lowest BCUT2D eigenvalue weighted by Gasteiger charge is -2.09. The van der Waals surface area contributed by atoms with Crippen LogP contribution in [0.4, 0.5) is 11.5 Å². The van der Waals surface area contributed by atoms with Gasteiger partial charge in [-0.05, 0) is 26.0 Å². The lowest BCUT2D eigenvalue weighted by atomic mass is 10.3. The lowest BCUT2D eigenvalue weighted by molar-refractivity contribution is -0.384. The number of nitro groups is 1. The number of nitrogens with one attached hydrogen (secondary N) is 1. The summed E-state index contributed by atoms with van der Waals surface area (Å²) >= 11 is 0. The maximum absolute atomic E-state index is 11.2. The Balaban J connectivity index is 1.80. The Labute approximate surface area is 132 Å². The number of anilines is 1. The number of nitrogens with zero attached hydrogens (tertiary/aromatic N) is 5. The Morgan fingerprint density at radius 2 is 2.04 bits per heavy atom. The van der Waals surface area contributed by atoms with E-state index >= 15 is 0 Å². The minimum atomic E-state index is -0.400. The summed E-state index contributed by atoms with van der Waals surface area (Å²) in [5.74, 6) is 1.35. The molecule has 120 valence electrons. The molecule has 0 aliphatic carbocycles. The minimum absolute atomic E-state index is 0.0275. The van der Waals surface area contributed by atoms with Gasteiger partial charge < -0.3 is 9.88 Å². The molecule has 1 aromatic carbocycles. The van der Waals surface area contributed by atoms with Crippen molar-refractivity contribution < 1.29 is 4.92 Å². The highest BCUT2D eigenvalue weighted by molar-refractivity contribution is 5.75. The zero-order chi connectivity index (χ0) is 16.6. The van der Waals surface area contributed by atoms with Crippen LogP contribution in [0.25, 0.3) is 11.0 Å². The van der Waals surface area contributed by atoms with E-state index in [-0.39, 0.29) is 5.69 Å². The molecule has 0 bridgehead atoms. The molecule has 0 saturated heterocycles. The molecule has 0 fully saturated rings. The molecule has 0 amide bonds. The number of imidazole rings is 1. The third-order valence-electron chi connectivity index (χ3n) is 3.85. The molecule has 23 heavy (non-hydrogen) atoms. The van der Waals surface area contributed by atoms with Crippen molar-refractivity contribution in [3.8, 4) is 0 Å². The van der Waals surface area contributed by atoms with E-state index in [0.29, 0.717) is 24.6 Å². The largest absolute Gasteiger partial charge is 0.363 e. The summed E-state index contributed by atoms with van der Waals surface area (Å²) in [7, 11) is 1.69. The van der Waals surface area contributed by atoms with Crippen LogP contribution in [0.1, 0.15) is 11.5 Å². The van der Waals surface area contributed by atoms with Gasteiger partial charge in [0.25, 0.3) is 0 Å². The molecule has 1 N–H and O–H groups in total. The van der Waals surface area contributed by atoms with Gasteiger partial charge in [-0.2, -0.15) is 5.10 Å². The van der Waals surface area contributed by atoms with E-state index in [0.717, 1.165) is 16.9 Å². The predicted molar refractivity (Wildman–Crippen MR) is 87.6 cm³/mol. The number of benzene rings is 1. The Hall–Kier alpha value is -2.90. The van der Waals surface area contributed by atoms with Crippen molar-refractivity contribution >= 4 is 22.5 Å². The normalized spacial score (nSPS) is 11.1. The number of rotatable bonds is 5. The van der Waals surface area contributed by atoms with Gasteiger partial charge in [0.1, 0.15) is 11.5 Å². The smallest absolute Gasteiger partial charge is 0.333 e. The maximum atomic E-state index is 11.2. The summed E-state index contributed by atoms with van der Waals surface area (Å²) in [6.07, 6.45) is 0. The molecule has 0 unspecified atom stereocenters. The van der Waals surface area contributed by atoms with Crippen LogP contribution in [0, 0.1) is 24.0 Å². The van der Waals surface area contributed by atoms with Crippen molar-refractivity contribution in [1.29, 1.82) is 0 Å². The number of fused-ring (bicyclic) bond motifs is 1. The fourth-order valence-electron chi connectivity index (χ4n) is 2.83. The highest BCUT2D eigenvalue weighted by Gasteiger charge is 2.23. The molecule has 3 rings (SSSR count). The molecule has 2 aromatic heterocycles. The predicted octanol–water partition coefficient (Wildman–Crippen LogP) is 2.41. The average Bonchev–Trinajstić information content (AvgIpc) is 2.96.